The second-order valence-corrected chi connectivity index (χ2v) is 6.04. The Kier molecular flexibility index (Phi) is 3.37. The number of aryl methyl sites for hydroxylation is 2. The number of rotatable bonds is 3. The molecule has 1 aliphatic carbocycles. The van der Waals surface area contributed by atoms with Crippen molar-refractivity contribution in [3.63, 3.8) is 0 Å². The van der Waals surface area contributed by atoms with Crippen LogP contribution in [0.5, 0.6) is 0 Å². The largest absolute Gasteiger partial charge is 0.309 e. The molecular weight excluding hydrogens is 264 g/mol. The zero-order valence-electron chi connectivity index (χ0n) is 10.7. The molecule has 0 saturated carbocycles. The minimum atomic E-state index is -0.528. The maximum atomic E-state index is 13.3. The van der Waals surface area contributed by atoms with Gasteiger partial charge in [-0.1, -0.05) is 0 Å². The van der Waals surface area contributed by atoms with Crippen LogP contribution in [0.2, 0.25) is 0 Å². The molecule has 100 valence electrons. The van der Waals surface area contributed by atoms with Gasteiger partial charge in [0.05, 0.1) is 6.04 Å². The molecule has 1 aromatic heterocycles. The second-order valence-electron chi connectivity index (χ2n) is 4.88. The summed E-state index contributed by atoms with van der Waals surface area (Å²) in [6.07, 6.45) is 3.48. The summed E-state index contributed by atoms with van der Waals surface area (Å²) in [5.74, 6) is -1.06. The zero-order valence-corrected chi connectivity index (χ0v) is 11.5. The first-order valence-corrected chi connectivity index (χ1v) is 7.24. The molecule has 1 heterocycles. The SMILES string of the molecule is CNC(c1cc(F)cc(F)c1)c1cc2c(s1)CCC2. The van der Waals surface area contributed by atoms with Gasteiger partial charge in [0, 0.05) is 15.8 Å². The van der Waals surface area contributed by atoms with Crippen LogP contribution in [-0.4, -0.2) is 7.05 Å². The number of fused-ring (bicyclic) bond motifs is 1. The van der Waals surface area contributed by atoms with Crippen molar-refractivity contribution in [1.29, 1.82) is 0 Å². The molecule has 1 nitrogen and oxygen atoms in total. The fraction of sp³-hybridized carbons (Fsp3) is 0.333. The maximum absolute atomic E-state index is 13.3. The molecule has 0 fully saturated rings. The third kappa shape index (κ3) is 2.42. The van der Waals surface area contributed by atoms with Crippen molar-refractivity contribution in [2.24, 2.45) is 0 Å². The first-order chi connectivity index (χ1) is 9.17. The lowest BCUT2D eigenvalue weighted by Gasteiger charge is -2.15. The van der Waals surface area contributed by atoms with Gasteiger partial charge in [-0.2, -0.15) is 0 Å². The van der Waals surface area contributed by atoms with E-state index in [0.29, 0.717) is 5.56 Å². The van der Waals surface area contributed by atoms with E-state index in [2.05, 4.69) is 11.4 Å². The van der Waals surface area contributed by atoms with Gasteiger partial charge in [0.2, 0.25) is 0 Å². The Labute approximate surface area is 115 Å². The molecular formula is C15H15F2NS. The Morgan fingerprint density at radius 1 is 1.11 bits per heavy atom. The van der Waals surface area contributed by atoms with E-state index >= 15 is 0 Å². The van der Waals surface area contributed by atoms with Gasteiger partial charge in [-0.15, -0.1) is 11.3 Å². The van der Waals surface area contributed by atoms with E-state index in [-0.39, 0.29) is 6.04 Å². The van der Waals surface area contributed by atoms with Gasteiger partial charge in [0.1, 0.15) is 11.6 Å². The van der Waals surface area contributed by atoms with Gasteiger partial charge in [-0.3, -0.25) is 0 Å². The highest BCUT2D eigenvalue weighted by molar-refractivity contribution is 7.12. The number of hydrogen-bond acceptors (Lipinski definition) is 2. The van der Waals surface area contributed by atoms with E-state index in [1.807, 2.05) is 7.05 Å². The summed E-state index contributed by atoms with van der Waals surface area (Å²) in [5.41, 5.74) is 2.04. The van der Waals surface area contributed by atoms with Crippen LogP contribution < -0.4 is 5.32 Å². The van der Waals surface area contributed by atoms with Gasteiger partial charge >= 0.3 is 0 Å². The van der Waals surface area contributed by atoms with E-state index in [0.717, 1.165) is 23.8 Å². The number of benzene rings is 1. The monoisotopic (exact) mass is 279 g/mol. The summed E-state index contributed by atoms with van der Waals surface area (Å²) in [6.45, 7) is 0. The van der Waals surface area contributed by atoms with Crippen LogP contribution in [-0.2, 0) is 12.8 Å². The molecule has 1 aromatic carbocycles. The van der Waals surface area contributed by atoms with Crippen LogP contribution in [0.3, 0.4) is 0 Å². The normalized spacial score (nSPS) is 15.5. The van der Waals surface area contributed by atoms with Crippen molar-refractivity contribution in [3.05, 3.63) is 56.8 Å². The van der Waals surface area contributed by atoms with Crippen LogP contribution in [0.25, 0.3) is 0 Å². The predicted octanol–water partition coefficient (Wildman–Crippen LogP) is 3.82. The average Bonchev–Trinajstić information content (AvgIpc) is 2.89. The van der Waals surface area contributed by atoms with Crippen molar-refractivity contribution >= 4 is 11.3 Å². The number of hydrogen-bond donors (Lipinski definition) is 1. The first-order valence-electron chi connectivity index (χ1n) is 6.42. The Hall–Kier alpha value is -1.26. The molecule has 0 spiro atoms. The standard InChI is InChI=1S/C15H15F2NS/c1-18-15(10-5-11(16)8-12(17)6-10)14-7-9-3-2-4-13(9)19-14/h5-8,15,18H,2-4H2,1H3. The van der Waals surface area contributed by atoms with Crippen LogP contribution >= 0.6 is 11.3 Å². The molecule has 1 unspecified atom stereocenters. The molecule has 3 rings (SSSR count). The Morgan fingerprint density at radius 3 is 2.47 bits per heavy atom. The fourth-order valence-electron chi connectivity index (χ4n) is 2.71. The molecule has 2 aromatic rings. The number of halogens is 2. The first kappa shape index (κ1) is 12.8. The third-order valence-electron chi connectivity index (χ3n) is 3.56. The Morgan fingerprint density at radius 2 is 1.84 bits per heavy atom. The Balaban J connectivity index is 1.99. The Bertz CT molecular complexity index is 564. The molecule has 0 radical (unpaired) electrons. The highest BCUT2D eigenvalue weighted by Gasteiger charge is 2.21. The second kappa shape index (κ2) is 5.02. The number of thiophene rings is 1. The van der Waals surface area contributed by atoms with Gasteiger partial charge in [-0.05, 0) is 55.6 Å². The highest BCUT2D eigenvalue weighted by Crippen LogP contribution is 2.36. The predicted molar refractivity (Wildman–Crippen MR) is 73.6 cm³/mol. The molecule has 4 heteroatoms. The van der Waals surface area contributed by atoms with Crippen molar-refractivity contribution in [1.82, 2.24) is 5.32 Å². The quantitative estimate of drug-likeness (QED) is 0.900. The number of nitrogens with one attached hydrogen (secondary N) is 1. The van der Waals surface area contributed by atoms with Gasteiger partial charge < -0.3 is 5.32 Å². The summed E-state index contributed by atoms with van der Waals surface area (Å²) in [7, 11) is 1.82. The van der Waals surface area contributed by atoms with Crippen LogP contribution in [0.15, 0.2) is 24.3 Å². The molecule has 0 aliphatic heterocycles. The molecule has 1 N–H and O–H groups in total. The van der Waals surface area contributed by atoms with E-state index in [1.54, 1.807) is 11.3 Å². The fourth-order valence-corrected chi connectivity index (χ4v) is 4.11. The lowest BCUT2D eigenvalue weighted by Crippen LogP contribution is -2.17. The van der Waals surface area contributed by atoms with Crippen LogP contribution in [0.4, 0.5) is 8.78 Å². The molecule has 19 heavy (non-hydrogen) atoms. The van der Waals surface area contributed by atoms with Crippen molar-refractivity contribution in [3.8, 4) is 0 Å². The van der Waals surface area contributed by atoms with Gasteiger partial charge in [0.25, 0.3) is 0 Å². The third-order valence-corrected chi connectivity index (χ3v) is 4.86. The summed E-state index contributed by atoms with van der Waals surface area (Å²) in [5, 5.41) is 3.15. The summed E-state index contributed by atoms with van der Waals surface area (Å²) >= 11 is 1.75. The smallest absolute Gasteiger partial charge is 0.126 e. The van der Waals surface area contributed by atoms with Crippen LogP contribution in [0, 0.1) is 11.6 Å². The van der Waals surface area contributed by atoms with Crippen molar-refractivity contribution in [2.75, 3.05) is 7.05 Å². The minimum absolute atomic E-state index is 0.138. The molecule has 0 saturated heterocycles. The molecule has 1 aliphatic rings. The van der Waals surface area contributed by atoms with Gasteiger partial charge in [-0.25, -0.2) is 8.78 Å². The van der Waals surface area contributed by atoms with Crippen molar-refractivity contribution < 1.29 is 8.78 Å². The van der Waals surface area contributed by atoms with Crippen molar-refractivity contribution in [2.45, 2.75) is 25.3 Å². The van der Waals surface area contributed by atoms with E-state index in [4.69, 9.17) is 0 Å². The maximum Gasteiger partial charge on any atom is 0.126 e. The summed E-state index contributed by atoms with van der Waals surface area (Å²) in [6, 6.07) is 5.74. The highest BCUT2D eigenvalue weighted by atomic mass is 32.1. The zero-order chi connectivity index (χ0) is 13.4. The molecule has 1 atom stereocenters. The molecule has 0 amide bonds. The lowest BCUT2D eigenvalue weighted by atomic mass is 10.0. The molecule has 0 bridgehead atoms. The summed E-state index contributed by atoms with van der Waals surface area (Å²) < 4.78 is 26.7. The lowest BCUT2D eigenvalue weighted by molar-refractivity contribution is 0.572. The minimum Gasteiger partial charge on any atom is -0.309 e. The average molecular weight is 279 g/mol. The summed E-state index contributed by atoms with van der Waals surface area (Å²) in [4.78, 5) is 2.56. The van der Waals surface area contributed by atoms with E-state index < -0.39 is 11.6 Å². The van der Waals surface area contributed by atoms with E-state index in [9.17, 15) is 8.78 Å². The van der Waals surface area contributed by atoms with Crippen LogP contribution in [0.1, 0.15) is 33.3 Å². The van der Waals surface area contributed by atoms with Gasteiger partial charge in [0.15, 0.2) is 0 Å². The van der Waals surface area contributed by atoms with E-state index in [1.165, 1.54) is 29.0 Å². The topological polar surface area (TPSA) is 12.0 Å².